The minimum Gasteiger partial charge on any atom is -0.497 e. The minimum absolute atomic E-state index is 0.0471. The molecule has 0 radical (unpaired) electrons. The molecule has 2 aromatic rings. The van der Waals surface area contributed by atoms with Gasteiger partial charge in [0, 0.05) is 13.1 Å². The molecule has 1 N–H and O–H groups in total. The van der Waals surface area contributed by atoms with Crippen LogP contribution in [0.25, 0.3) is 0 Å². The summed E-state index contributed by atoms with van der Waals surface area (Å²) in [6, 6.07) is 8.40. The lowest BCUT2D eigenvalue weighted by atomic mass is 10.1. The zero-order chi connectivity index (χ0) is 29.4. The Morgan fingerprint density at radius 2 is 1.74 bits per heavy atom. The van der Waals surface area contributed by atoms with Crippen molar-refractivity contribution >= 4 is 39.1 Å². The predicted octanol–water partition coefficient (Wildman–Crippen LogP) is 4.86. The predicted molar refractivity (Wildman–Crippen MR) is 144 cm³/mol. The van der Waals surface area contributed by atoms with Crippen LogP contribution >= 0.6 is 11.6 Å². The minimum atomic E-state index is -4.84. The average molecular weight is 592 g/mol. The summed E-state index contributed by atoms with van der Waals surface area (Å²) in [5.41, 5.74) is -0.979. The number of unbranched alkanes of at least 4 members (excludes halogenated alkanes) is 1. The van der Waals surface area contributed by atoms with Crippen LogP contribution in [0.15, 0.2) is 42.5 Å². The topological polar surface area (TPSA) is 96.0 Å². The second-order valence-corrected chi connectivity index (χ2v) is 11.2. The van der Waals surface area contributed by atoms with E-state index in [-0.39, 0.29) is 18.7 Å². The summed E-state index contributed by atoms with van der Waals surface area (Å²) in [7, 11) is -2.72. The van der Waals surface area contributed by atoms with Gasteiger partial charge >= 0.3 is 6.18 Å². The number of carbonyl (C=O) groups is 2. The van der Waals surface area contributed by atoms with E-state index in [9.17, 15) is 31.2 Å². The van der Waals surface area contributed by atoms with Crippen molar-refractivity contribution in [1.29, 1.82) is 0 Å². The van der Waals surface area contributed by atoms with E-state index in [2.05, 4.69) is 5.32 Å². The molecule has 0 saturated heterocycles. The van der Waals surface area contributed by atoms with E-state index in [0.717, 1.165) is 31.2 Å². The van der Waals surface area contributed by atoms with Gasteiger partial charge in [-0.05, 0) is 48.7 Å². The standard InChI is InChI=1S/C26H33ClF3N3O5S/c1-5-7-14-31-25(35)23(6-2)32(16-18-8-11-20(38-3)12-9-18)24(34)17-33(39(4,36)37)19-10-13-22(27)21(15-19)26(28,29)30/h8-13,15,23H,5-7,14,16-17H2,1-4H3,(H,31,35). The van der Waals surface area contributed by atoms with E-state index in [1.54, 1.807) is 31.2 Å². The van der Waals surface area contributed by atoms with Gasteiger partial charge in [-0.15, -0.1) is 0 Å². The molecule has 0 aliphatic heterocycles. The summed E-state index contributed by atoms with van der Waals surface area (Å²) in [5, 5.41) is 2.19. The van der Waals surface area contributed by atoms with E-state index in [1.165, 1.54) is 12.0 Å². The number of halogens is 4. The molecule has 0 aliphatic rings. The maximum absolute atomic E-state index is 13.7. The van der Waals surface area contributed by atoms with Crippen LogP contribution in [0, 0.1) is 0 Å². The third kappa shape index (κ3) is 9.03. The van der Waals surface area contributed by atoms with Gasteiger partial charge in [0.2, 0.25) is 21.8 Å². The molecule has 0 spiro atoms. The normalized spacial score (nSPS) is 12.5. The van der Waals surface area contributed by atoms with Gasteiger partial charge in [0.05, 0.1) is 29.6 Å². The van der Waals surface area contributed by atoms with E-state index < -0.39 is 51.2 Å². The molecule has 0 aromatic heterocycles. The molecule has 2 aromatic carbocycles. The molecule has 0 bridgehead atoms. The number of nitrogens with one attached hydrogen (secondary N) is 1. The van der Waals surface area contributed by atoms with Gasteiger partial charge < -0.3 is 15.0 Å². The number of ether oxygens (including phenoxy) is 1. The molecule has 2 rings (SSSR count). The van der Waals surface area contributed by atoms with Crippen LogP contribution in [-0.4, -0.2) is 57.6 Å². The first-order chi connectivity index (χ1) is 18.2. The number of alkyl halides is 3. The average Bonchev–Trinajstić information content (AvgIpc) is 2.86. The third-order valence-corrected chi connectivity index (χ3v) is 7.42. The molecule has 39 heavy (non-hydrogen) atoms. The number of benzene rings is 2. The molecule has 1 atom stereocenters. The Kier molecular flexibility index (Phi) is 11.5. The van der Waals surface area contributed by atoms with Crippen molar-refractivity contribution in [3.63, 3.8) is 0 Å². The summed E-state index contributed by atoms with van der Waals surface area (Å²) in [6.45, 7) is 3.20. The van der Waals surface area contributed by atoms with Crippen LogP contribution in [-0.2, 0) is 32.3 Å². The van der Waals surface area contributed by atoms with E-state index in [0.29, 0.717) is 28.2 Å². The zero-order valence-corrected chi connectivity index (χ0v) is 23.8. The maximum Gasteiger partial charge on any atom is 0.417 e. The van der Waals surface area contributed by atoms with Crippen molar-refractivity contribution in [1.82, 2.24) is 10.2 Å². The Hall–Kier alpha value is -2.99. The summed E-state index contributed by atoms with van der Waals surface area (Å²) < 4.78 is 71.4. The van der Waals surface area contributed by atoms with Crippen LogP contribution in [0.2, 0.25) is 5.02 Å². The molecule has 2 amide bonds. The third-order valence-electron chi connectivity index (χ3n) is 5.95. The van der Waals surface area contributed by atoms with Gasteiger partial charge in [-0.25, -0.2) is 8.42 Å². The van der Waals surface area contributed by atoms with E-state index in [4.69, 9.17) is 16.3 Å². The highest BCUT2D eigenvalue weighted by Crippen LogP contribution is 2.37. The van der Waals surface area contributed by atoms with Crippen LogP contribution < -0.4 is 14.4 Å². The maximum atomic E-state index is 13.7. The number of rotatable bonds is 13. The first-order valence-corrected chi connectivity index (χ1v) is 14.5. The molecular weight excluding hydrogens is 559 g/mol. The molecule has 0 saturated carbocycles. The highest BCUT2D eigenvalue weighted by molar-refractivity contribution is 7.92. The molecule has 13 heteroatoms. The highest BCUT2D eigenvalue weighted by Gasteiger charge is 2.36. The summed E-state index contributed by atoms with van der Waals surface area (Å²) in [4.78, 5) is 27.9. The Morgan fingerprint density at radius 1 is 1.10 bits per heavy atom. The Bertz CT molecular complexity index is 1240. The fraction of sp³-hybridized carbons (Fsp3) is 0.462. The van der Waals surface area contributed by atoms with Crippen molar-refractivity contribution in [3.05, 3.63) is 58.6 Å². The van der Waals surface area contributed by atoms with Gasteiger partial charge in [0.25, 0.3) is 0 Å². The number of nitrogens with zero attached hydrogens (tertiary/aromatic N) is 2. The fourth-order valence-electron chi connectivity index (χ4n) is 3.85. The molecule has 0 fully saturated rings. The number of hydrogen-bond donors (Lipinski definition) is 1. The largest absolute Gasteiger partial charge is 0.497 e. The molecular formula is C26H33ClF3N3O5S. The Labute approximate surface area is 232 Å². The van der Waals surface area contributed by atoms with E-state index >= 15 is 0 Å². The smallest absolute Gasteiger partial charge is 0.417 e. The summed E-state index contributed by atoms with van der Waals surface area (Å²) >= 11 is 5.70. The first kappa shape index (κ1) is 32.2. The highest BCUT2D eigenvalue weighted by atomic mass is 35.5. The monoisotopic (exact) mass is 591 g/mol. The van der Waals surface area contributed by atoms with Gasteiger partial charge in [0.15, 0.2) is 0 Å². The molecule has 216 valence electrons. The number of sulfonamides is 1. The van der Waals surface area contributed by atoms with Crippen LogP contribution in [0.1, 0.15) is 44.2 Å². The van der Waals surface area contributed by atoms with Crippen LogP contribution in [0.5, 0.6) is 5.75 Å². The number of carbonyl (C=O) groups excluding carboxylic acids is 2. The second-order valence-electron chi connectivity index (χ2n) is 8.87. The summed E-state index contributed by atoms with van der Waals surface area (Å²) in [6.07, 6.45) is -2.27. The quantitative estimate of drug-likeness (QED) is 0.336. The van der Waals surface area contributed by atoms with Crippen LogP contribution in [0.3, 0.4) is 0 Å². The number of methoxy groups -OCH3 is 1. The van der Waals surface area contributed by atoms with Crippen molar-refractivity contribution in [2.45, 2.75) is 51.9 Å². The lowest BCUT2D eigenvalue weighted by molar-refractivity contribution is -0.140. The van der Waals surface area contributed by atoms with Crippen molar-refractivity contribution in [2.75, 3.05) is 30.8 Å². The second kappa shape index (κ2) is 13.9. The van der Waals surface area contributed by atoms with Gasteiger partial charge in [-0.3, -0.25) is 13.9 Å². The number of amides is 2. The van der Waals surface area contributed by atoms with Crippen molar-refractivity contribution < 1.29 is 35.9 Å². The Morgan fingerprint density at radius 3 is 2.26 bits per heavy atom. The molecule has 8 nitrogen and oxygen atoms in total. The molecule has 1 unspecified atom stereocenters. The molecule has 0 heterocycles. The van der Waals surface area contributed by atoms with Crippen molar-refractivity contribution in [2.24, 2.45) is 0 Å². The van der Waals surface area contributed by atoms with Crippen molar-refractivity contribution in [3.8, 4) is 5.75 Å². The number of hydrogen-bond acceptors (Lipinski definition) is 5. The van der Waals surface area contributed by atoms with Gasteiger partial charge in [0.1, 0.15) is 18.3 Å². The van der Waals surface area contributed by atoms with Gasteiger partial charge in [-0.2, -0.15) is 13.2 Å². The molecule has 0 aliphatic carbocycles. The van der Waals surface area contributed by atoms with E-state index in [1.807, 2.05) is 6.92 Å². The zero-order valence-electron chi connectivity index (χ0n) is 22.2. The lowest BCUT2D eigenvalue weighted by Crippen LogP contribution is -2.52. The fourth-order valence-corrected chi connectivity index (χ4v) is 4.92. The lowest BCUT2D eigenvalue weighted by Gasteiger charge is -2.33. The first-order valence-electron chi connectivity index (χ1n) is 12.3. The van der Waals surface area contributed by atoms with Crippen LogP contribution in [0.4, 0.5) is 18.9 Å². The SMILES string of the molecule is CCCCNC(=O)C(CC)N(Cc1ccc(OC)cc1)C(=O)CN(c1ccc(Cl)c(C(F)(F)F)c1)S(C)(=O)=O. The number of anilines is 1. The van der Waals surface area contributed by atoms with Gasteiger partial charge in [-0.1, -0.05) is 44.0 Å². The summed E-state index contributed by atoms with van der Waals surface area (Å²) in [5.74, 6) is -0.603. The Balaban J connectivity index is 2.49.